The standard InChI is InChI=1S/C8H16N2O4S/c1-9-15(13,14)10-6-4-2-3-5-7(10)8(11)12/h7,9H,2-6H2,1H3,(H,11,12). The highest BCUT2D eigenvalue weighted by Gasteiger charge is 2.34. The van der Waals surface area contributed by atoms with Gasteiger partial charge in [0, 0.05) is 13.6 Å². The summed E-state index contributed by atoms with van der Waals surface area (Å²) < 4.78 is 26.3. The Morgan fingerprint density at radius 2 is 2.07 bits per heavy atom. The fraction of sp³-hybridized carbons (Fsp3) is 0.875. The molecule has 6 nitrogen and oxygen atoms in total. The molecule has 0 bridgehead atoms. The largest absolute Gasteiger partial charge is 0.480 e. The van der Waals surface area contributed by atoms with E-state index in [4.69, 9.17) is 5.11 Å². The van der Waals surface area contributed by atoms with Crippen molar-refractivity contribution in [2.75, 3.05) is 13.6 Å². The van der Waals surface area contributed by atoms with Crippen molar-refractivity contribution < 1.29 is 18.3 Å². The second-order valence-electron chi connectivity index (χ2n) is 3.52. The summed E-state index contributed by atoms with van der Waals surface area (Å²) in [4.78, 5) is 10.9. The Kier molecular flexibility index (Phi) is 4.06. The molecule has 88 valence electrons. The summed E-state index contributed by atoms with van der Waals surface area (Å²) in [6.07, 6.45) is 2.73. The monoisotopic (exact) mass is 236 g/mol. The van der Waals surface area contributed by atoms with Crippen LogP contribution in [0.1, 0.15) is 25.7 Å². The summed E-state index contributed by atoms with van der Waals surface area (Å²) in [6, 6.07) is -0.926. The predicted octanol–water partition coefficient (Wildman–Crippen LogP) is -0.220. The van der Waals surface area contributed by atoms with Crippen molar-refractivity contribution in [1.29, 1.82) is 0 Å². The van der Waals surface area contributed by atoms with Crippen molar-refractivity contribution in [3.05, 3.63) is 0 Å². The maximum Gasteiger partial charge on any atom is 0.322 e. The zero-order valence-corrected chi connectivity index (χ0v) is 9.46. The summed E-state index contributed by atoms with van der Waals surface area (Å²) in [7, 11) is -2.35. The number of rotatable bonds is 3. The number of carboxylic acids is 1. The van der Waals surface area contributed by atoms with Crippen LogP contribution in [0.3, 0.4) is 0 Å². The summed E-state index contributed by atoms with van der Waals surface area (Å²) in [5, 5.41) is 8.96. The molecule has 0 saturated carbocycles. The van der Waals surface area contributed by atoms with E-state index in [1.54, 1.807) is 0 Å². The minimum absolute atomic E-state index is 0.278. The van der Waals surface area contributed by atoms with Crippen molar-refractivity contribution in [1.82, 2.24) is 9.03 Å². The van der Waals surface area contributed by atoms with E-state index in [2.05, 4.69) is 4.72 Å². The van der Waals surface area contributed by atoms with Crippen LogP contribution in [0.15, 0.2) is 0 Å². The molecule has 0 aromatic rings. The third-order valence-electron chi connectivity index (χ3n) is 2.56. The number of hydrogen-bond donors (Lipinski definition) is 2. The summed E-state index contributed by atoms with van der Waals surface area (Å²) in [5.41, 5.74) is 0. The van der Waals surface area contributed by atoms with Crippen LogP contribution in [0.5, 0.6) is 0 Å². The molecule has 0 aromatic heterocycles. The van der Waals surface area contributed by atoms with Crippen LogP contribution in [0, 0.1) is 0 Å². The average Bonchev–Trinajstić information content (AvgIpc) is 2.42. The lowest BCUT2D eigenvalue weighted by molar-refractivity contribution is -0.141. The normalized spacial score (nSPS) is 24.7. The van der Waals surface area contributed by atoms with Gasteiger partial charge < -0.3 is 5.11 Å². The smallest absolute Gasteiger partial charge is 0.322 e. The molecule has 0 amide bonds. The zero-order valence-electron chi connectivity index (χ0n) is 8.64. The highest BCUT2D eigenvalue weighted by Crippen LogP contribution is 2.19. The van der Waals surface area contributed by atoms with Crippen molar-refractivity contribution in [2.45, 2.75) is 31.7 Å². The Bertz CT molecular complexity index is 328. The Morgan fingerprint density at radius 3 is 2.60 bits per heavy atom. The van der Waals surface area contributed by atoms with Gasteiger partial charge in [0.25, 0.3) is 10.2 Å². The van der Waals surface area contributed by atoms with E-state index in [0.717, 1.165) is 17.1 Å². The van der Waals surface area contributed by atoms with Gasteiger partial charge in [0.2, 0.25) is 0 Å². The van der Waals surface area contributed by atoms with Gasteiger partial charge >= 0.3 is 5.97 Å². The van der Waals surface area contributed by atoms with Gasteiger partial charge in [-0.25, -0.2) is 4.72 Å². The van der Waals surface area contributed by atoms with Crippen LogP contribution >= 0.6 is 0 Å². The van der Waals surface area contributed by atoms with E-state index in [1.807, 2.05) is 0 Å². The Labute approximate surface area is 89.4 Å². The van der Waals surface area contributed by atoms with Crippen LogP contribution in [0.4, 0.5) is 0 Å². The van der Waals surface area contributed by atoms with Crippen molar-refractivity contribution >= 4 is 16.2 Å². The molecule has 0 radical (unpaired) electrons. The first kappa shape index (κ1) is 12.4. The SMILES string of the molecule is CNS(=O)(=O)N1CCCCCC1C(=O)O. The Hall–Kier alpha value is -0.660. The molecule has 0 aromatic carbocycles. The van der Waals surface area contributed by atoms with E-state index in [9.17, 15) is 13.2 Å². The molecular weight excluding hydrogens is 220 g/mol. The van der Waals surface area contributed by atoms with Crippen LogP contribution in [0.25, 0.3) is 0 Å². The van der Waals surface area contributed by atoms with E-state index in [0.29, 0.717) is 12.8 Å². The van der Waals surface area contributed by atoms with Crippen LogP contribution < -0.4 is 4.72 Å². The molecule has 0 spiro atoms. The fourth-order valence-electron chi connectivity index (χ4n) is 1.73. The lowest BCUT2D eigenvalue weighted by atomic mass is 10.1. The molecule has 1 aliphatic rings. The van der Waals surface area contributed by atoms with Crippen molar-refractivity contribution in [3.63, 3.8) is 0 Å². The van der Waals surface area contributed by atoms with Gasteiger partial charge in [-0.05, 0) is 12.8 Å². The third-order valence-corrected chi connectivity index (χ3v) is 4.13. The number of carbonyl (C=O) groups is 1. The molecule has 15 heavy (non-hydrogen) atoms. The van der Waals surface area contributed by atoms with Gasteiger partial charge in [0.15, 0.2) is 0 Å². The van der Waals surface area contributed by atoms with Gasteiger partial charge in [-0.3, -0.25) is 4.79 Å². The fourth-order valence-corrected chi connectivity index (χ4v) is 2.87. The van der Waals surface area contributed by atoms with Gasteiger partial charge in [0.05, 0.1) is 0 Å². The Balaban J connectivity index is 2.94. The summed E-state index contributed by atoms with van der Waals surface area (Å²) >= 11 is 0. The van der Waals surface area contributed by atoms with E-state index in [1.165, 1.54) is 7.05 Å². The number of carboxylic acid groups (broad SMARTS) is 1. The molecule has 1 rings (SSSR count). The molecule has 1 heterocycles. The highest BCUT2D eigenvalue weighted by atomic mass is 32.2. The molecule has 7 heteroatoms. The second-order valence-corrected chi connectivity index (χ2v) is 5.35. The van der Waals surface area contributed by atoms with Gasteiger partial charge in [-0.2, -0.15) is 12.7 Å². The molecule has 1 aliphatic heterocycles. The quantitative estimate of drug-likeness (QED) is 0.709. The van der Waals surface area contributed by atoms with Crippen LogP contribution in [0.2, 0.25) is 0 Å². The lowest BCUT2D eigenvalue weighted by Crippen LogP contribution is -2.48. The Morgan fingerprint density at radius 1 is 1.40 bits per heavy atom. The van der Waals surface area contributed by atoms with Crippen molar-refractivity contribution in [3.8, 4) is 0 Å². The minimum atomic E-state index is -3.64. The van der Waals surface area contributed by atoms with E-state index < -0.39 is 22.2 Å². The topological polar surface area (TPSA) is 86.7 Å². The van der Waals surface area contributed by atoms with Crippen LogP contribution in [-0.2, 0) is 15.0 Å². The number of aliphatic carboxylic acids is 1. The summed E-state index contributed by atoms with van der Waals surface area (Å²) in [5.74, 6) is -1.07. The van der Waals surface area contributed by atoms with Gasteiger partial charge in [-0.1, -0.05) is 12.8 Å². The van der Waals surface area contributed by atoms with Crippen LogP contribution in [-0.4, -0.2) is 43.4 Å². The van der Waals surface area contributed by atoms with Gasteiger partial charge in [-0.15, -0.1) is 0 Å². The summed E-state index contributed by atoms with van der Waals surface area (Å²) in [6.45, 7) is 0.278. The molecular formula is C8H16N2O4S. The minimum Gasteiger partial charge on any atom is -0.480 e. The van der Waals surface area contributed by atoms with Crippen molar-refractivity contribution in [2.24, 2.45) is 0 Å². The molecule has 0 aliphatic carbocycles. The van der Waals surface area contributed by atoms with E-state index >= 15 is 0 Å². The number of nitrogens with one attached hydrogen (secondary N) is 1. The maximum atomic E-state index is 11.6. The van der Waals surface area contributed by atoms with Gasteiger partial charge in [0.1, 0.15) is 6.04 Å². The first-order valence-electron chi connectivity index (χ1n) is 4.92. The number of hydrogen-bond acceptors (Lipinski definition) is 3. The molecule has 1 unspecified atom stereocenters. The number of nitrogens with zero attached hydrogens (tertiary/aromatic N) is 1. The third kappa shape index (κ3) is 2.90. The molecule has 2 N–H and O–H groups in total. The highest BCUT2D eigenvalue weighted by molar-refractivity contribution is 7.87. The second kappa shape index (κ2) is 4.91. The molecule has 1 fully saturated rings. The predicted molar refractivity (Wildman–Crippen MR) is 54.6 cm³/mol. The van der Waals surface area contributed by atoms with E-state index in [-0.39, 0.29) is 6.54 Å². The average molecular weight is 236 g/mol. The zero-order chi connectivity index (χ0) is 11.5. The molecule has 1 saturated heterocycles. The first-order valence-corrected chi connectivity index (χ1v) is 6.36. The first-order chi connectivity index (χ1) is 6.99. The lowest BCUT2D eigenvalue weighted by Gasteiger charge is -2.25. The maximum absolute atomic E-state index is 11.6. The molecule has 1 atom stereocenters.